The average molecular weight is 434 g/mol. The number of anilines is 1. The van der Waals surface area contributed by atoms with E-state index in [1.54, 1.807) is 0 Å². The fourth-order valence-electron chi connectivity index (χ4n) is 3.68. The molecule has 8 heteroatoms. The van der Waals surface area contributed by atoms with Gasteiger partial charge in [-0.05, 0) is 56.5 Å². The number of amides is 1. The van der Waals surface area contributed by atoms with Crippen LogP contribution in [0.2, 0.25) is 0 Å². The SMILES string of the molecule is CCN(CCNC(=O)c1ccc(F)c(S(=O)(=O)N2CCCC2)c1)c1ccccc1C. The fraction of sp³-hybridized carbons (Fsp3) is 0.409. The lowest BCUT2D eigenvalue weighted by Crippen LogP contribution is -2.35. The minimum absolute atomic E-state index is 0.133. The van der Waals surface area contributed by atoms with Crippen LogP contribution in [0.5, 0.6) is 0 Å². The summed E-state index contributed by atoms with van der Waals surface area (Å²) in [4.78, 5) is 14.3. The topological polar surface area (TPSA) is 69.7 Å². The van der Waals surface area contributed by atoms with Gasteiger partial charge in [-0.3, -0.25) is 4.79 Å². The second-order valence-electron chi connectivity index (χ2n) is 7.38. The maximum atomic E-state index is 14.3. The normalized spacial score (nSPS) is 14.6. The number of sulfonamides is 1. The van der Waals surface area contributed by atoms with Crippen molar-refractivity contribution < 1.29 is 17.6 Å². The summed E-state index contributed by atoms with van der Waals surface area (Å²) in [6.07, 6.45) is 1.52. The Morgan fingerprint density at radius 2 is 1.87 bits per heavy atom. The number of carbonyl (C=O) groups excluding carboxylic acids is 1. The minimum atomic E-state index is -3.93. The zero-order valence-corrected chi connectivity index (χ0v) is 18.2. The van der Waals surface area contributed by atoms with Crippen molar-refractivity contribution in [1.29, 1.82) is 0 Å². The standard InChI is InChI=1S/C22H28FN3O3S/c1-3-25(20-9-5-4-8-17(20)2)15-12-24-22(27)18-10-11-19(23)21(16-18)30(28,29)26-13-6-7-14-26/h4-5,8-11,16H,3,6-7,12-15H2,1-2H3,(H,24,27). The van der Waals surface area contributed by atoms with Gasteiger partial charge in [-0.2, -0.15) is 4.31 Å². The Kier molecular flexibility index (Phi) is 7.10. The van der Waals surface area contributed by atoms with Crippen LogP contribution in [0.3, 0.4) is 0 Å². The van der Waals surface area contributed by atoms with Gasteiger partial charge in [0, 0.05) is 44.0 Å². The predicted octanol–water partition coefficient (Wildman–Crippen LogP) is 3.17. The molecule has 0 saturated carbocycles. The third-order valence-electron chi connectivity index (χ3n) is 5.38. The van der Waals surface area contributed by atoms with Gasteiger partial charge in [0.15, 0.2) is 0 Å². The van der Waals surface area contributed by atoms with E-state index < -0.39 is 26.6 Å². The molecule has 0 aromatic heterocycles. The third kappa shape index (κ3) is 4.82. The summed E-state index contributed by atoms with van der Waals surface area (Å²) >= 11 is 0. The van der Waals surface area contributed by atoms with Crippen molar-refractivity contribution in [3.8, 4) is 0 Å². The predicted molar refractivity (Wildman–Crippen MR) is 116 cm³/mol. The van der Waals surface area contributed by atoms with E-state index in [0.29, 0.717) is 26.2 Å². The van der Waals surface area contributed by atoms with Crippen molar-refractivity contribution >= 4 is 21.6 Å². The molecule has 0 bridgehead atoms. The maximum Gasteiger partial charge on any atom is 0.251 e. The van der Waals surface area contributed by atoms with E-state index in [0.717, 1.165) is 42.8 Å². The molecule has 30 heavy (non-hydrogen) atoms. The number of hydrogen-bond donors (Lipinski definition) is 1. The number of likely N-dealkylation sites (N-methyl/N-ethyl adjacent to an activating group) is 1. The minimum Gasteiger partial charge on any atom is -0.370 e. The van der Waals surface area contributed by atoms with Gasteiger partial charge in [0.25, 0.3) is 5.91 Å². The van der Waals surface area contributed by atoms with E-state index in [9.17, 15) is 17.6 Å². The van der Waals surface area contributed by atoms with E-state index in [1.807, 2.05) is 38.1 Å². The Labute approximate surface area is 177 Å². The molecule has 0 aliphatic carbocycles. The number of halogens is 1. The second-order valence-corrected chi connectivity index (χ2v) is 9.28. The van der Waals surface area contributed by atoms with Crippen LogP contribution in [0, 0.1) is 12.7 Å². The summed E-state index contributed by atoms with van der Waals surface area (Å²) in [5, 5.41) is 2.81. The number of nitrogens with zero attached hydrogens (tertiary/aromatic N) is 2. The molecule has 0 radical (unpaired) electrons. The summed E-state index contributed by atoms with van der Waals surface area (Å²) in [7, 11) is -3.93. The monoisotopic (exact) mass is 433 g/mol. The largest absolute Gasteiger partial charge is 0.370 e. The first-order chi connectivity index (χ1) is 14.3. The molecule has 1 heterocycles. The highest BCUT2D eigenvalue weighted by Gasteiger charge is 2.30. The molecule has 1 aliphatic rings. The molecule has 6 nitrogen and oxygen atoms in total. The highest BCUT2D eigenvalue weighted by Crippen LogP contribution is 2.24. The Morgan fingerprint density at radius 3 is 2.53 bits per heavy atom. The number of carbonyl (C=O) groups is 1. The van der Waals surface area contributed by atoms with Gasteiger partial charge >= 0.3 is 0 Å². The molecule has 1 saturated heterocycles. The van der Waals surface area contributed by atoms with Crippen molar-refractivity contribution in [3.63, 3.8) is 0 Å². The van der Waals surface area contributed by atoms with Crippen LogP contribution in [0.15, 0.2) is 47.4 Å². The van der Waals surface area contributed by atoms with Gasteiger partial charge < -0.3 is 10.2 Å². The average Bonchev–Trinajstić information content (AvgIpc) is 3.28. The van der Waals surface area contributed by atoms with E-state index in [1.165, 1.54) is 10.4 Å². The first kappa shape index (κ1) is 22.2. The van der Waals surface area contributed by atoms with Crippen molar-refractivity contribution in [2.45, 2.75) is 31.6 Å². The van der Waals surface area contributed by atoms with Crippen molar-refractivity contribution in [2.75, 3.05) is 37.6 Å². The number of nitrogens with one attached hydrogen (secondary N) is 1. The highest BCUT2D eigenvalue weighted by molar-refractivity contribution is 7.89. The van der Waals surface area contributed by atoms with Crippen LogP contribution < -0.4 is 10.2 Å². The van der Waals surface area contributed by atoms with E-state index in [-0.39, 0.29) is 5.56 Å². The third-order valence-corrected chi connectivity index (χ3v) is 7.30. The van der Waals surface area contributed by atoms with Crippen molar-refractivity contribution in [1.82, 2.24) is 9.62 Å². The van der Waals surface area contributed by atoms with Gasteiger partial charge in [0.2, 0.25) is 10.0 Å². The zero-order valence-electron chi connectivity index (χ0n) is 17.4. The summed E-state index contributed by atoms with van der Waals surface area (Å²) in [5.41, 5.74) is 2.39. The molecular formula is C22H28FN3O3S. The molecule has 1 amide bonds. The van der Waals surface area contributed by atoms with E-state index in [4.69, 9.17) is 0 Å². The summed E-state index contributed by atoms with van der Waals surface area (Å²) < 4.78 is 41.0. The molecule has 0 unspecified atom stereocenters. The van der Waals surface area contributed by atoms with Crippen LogP contribution in [-0.4, -0.2) is 51.4 Å². The molecule has 162 valence electrons. The maximum absolute atomic E-state index is 14.3. The molecule has 1 fully saturated rings. The number of benzene rings is 2. The molecule has 2 aromatic carbocycles. The molecule has 0 spiro atoms. The molecule has 1 N–H and O–H groups in total. The summed E-state index contributed by atoms with van der Waals surface area (Å²) in [6, 6.07) is 11.5. The van der Waals surface area contributed by atoms with Crippen LogP contribution in [-0.2, 0) is 10.0 Å². The number of rotatable bonds is 8. The number of aryl methyl sites for hydroxylation is 1. The van der Waals surface area contributed by atoms with Crippen LogP contribution in [0.25, 0.3) is 0 Å². The van der Waals surface area contributed by atoms with E-state index >= 15 is 0 Å². The second kappa shape index (κ2) is 9.57. The van der Waals surface area contributed by atoms with Gasteiger partial charge in [-0.25, -0.2) is 12.8 Å². The van der Waals surface area contributed by atoms with Gasteiger partial charge in [0.1, 0.15) is 10.7 Å². The molecule has 3 rings (SSSR count). The lowest BCUT2D eigenvalue weighted by atomic mass is 10.2. The van der Waals surface area contributed by atoms with Crippen molar-refractivity contribution in [3.05, 3.63) is 59.4 Å². The molecule has 0 atom stereocenters. The van der Waals surface area contributed by atoms with Gasteiger partial charge in [-0.1, -0.05) is 18.2 Å². The Bertz CT molecular complexity index is 1000. The molecule has 1 aliphatic heterocycles. The van der Waals surface area contributed by atoms with Crippen LogP contribution >= 0.6 is 0 Å². The Hall–Kier alpha value is -2.45. The zero-order chi connectivity index (χ0) is 21.7. The first-order valence-electron chi connectivity index (χ1n) is 10.2. The molecular weight excluding hydrogens is 405 g/mol. The van der Waals surface area contributed by atoms with Crippen LogP contribution in [0.4, 0.5) is 10.1 Å². The Balaban J connectivity index is 1.68. The summed E-state index contributed by atoms with van der Waals surface area (Å²) in [6.45, 7) is 6.62. The quantitative estimate of drug-likeness (QED) is 0.694. The van der Waals surface area contributed by atoms with E-state index in [2.05, 4.69) is 10.2 Å². The number of hydrogen-bond acceptors (Lipinski definition) is 4. The first-order valence-corrected chi connectivity index (χ1v) is 11.7. The fourth-order valence-corrected chi connectivity index (χ4v) is 5.29. The van der Waals surface area contributed by atoms with Crippen LogP contribution in [0.1, 0.15) is 35.7 Å². The lowest BCUT2D eigenvalue weighted by molar-refractivity contribution is 0.0954. The lowest BCUT2D eigenvalue weighted by Gasteiger charge is -2.25. The Morgan fingerprint density at radius 1 is 1.17 bits per heavy atom. The van der Waals surface area contributed by atoms with Gasteiger partial charge in [0.05, 0.1) is 0 Å². The van der Waals surface area contributed by atoms with Crippen molar-refractivity contribution in [2.24, 2.45) is 0 Å². The highest BCUT2D eigenvalue weighted by atomic mass is 32.2. The smallest absolute Gasteiger partial charge is 0.251 e. The number of para-hydroxylation sites is 1. The molecule has 2 aromatic rings. The summed E-state index contributed by atoms with van der Waals surface area (Å²) in [5.74, 6) is -1.26. The van der Waals surface area contributed by atoms with Gasteiger partial charge in [-0.15, -0.1) is 0 Å².